The number of benzene rings is 1. The summed E-state index contributed by atoms with van der Waals surface area (Å²) in [4.78, 5) is 28.3. The van der Waals surface area contributed by atoms with E-state index in [9.17, 15) is 18.4 Å². The Kier molecular flexibility index (Phi) is 4.37. The van der Waals surface area contributed by atoms with Crippen LogP contribution in [0, 0.1) is 18.6 Å². The highest BCUT2D eigenvalue weighted by Crippen LogP contribution is 2.27. The standard InChI is InChI=1S/C13H10F2N2O3S/c1-6-10(12(18)19)11(17-13(20)16-6)21-5-7-8(14)3-2-4-9(7)15/h2-4H,5H2,1H3,(H,18,19)(H,16,17,20). The topological polar surface area (TPSA) is 83.0 Å². The van der Waals surface area contributed by atoms with E-state index in [1.807, 2.05) is 0 Å². The summed E-state index contributed by atoms with van der Waals surface area (Å²) in [7, 11) is 0. The molecule has 21 heavy (non-hydrogen) atoms. The summed E-state index contributed by atoms with van der Waals surface area (Å²) in [5.41, 5.74) is -0.956. The summed E-state index contributed by atoms with van der Waals surface area (Å²) in [5.74, 6) is -2.91. The number of nitrogens with one attached hydrogen (secondary N) is 1. The second kappa shape index (κ2) is 6.04. The molecule has 0 radical (unpaired) electrons. The Morgan fingerprint density at radius 1 is 1.38 bits per heavy atom. The van der Waals surface area contributed by atoms with E-state index in [2.05, 4.69) is 9.97 Å². The van der Waals surface area contributed by atoms with Gasteiger partial charge in [-0.05, 0) is 19.1 Å². The van der Waals surface area contributed by atoms with Crippen molar-refractivity contribution in [2.75, 3.05) is 0 Å². The summed E-state index contributed by atoms with van der Waals surface area (Å²) in [6, 6.07) is 3.44. The van der Waals surface area contributed by atoms with Crippen LogP contribution in [-0.4, -0.2) is 21.0 Å². The molecule has 2 N–H and O–H groups in total. The first-order valence-electron chi connectivity index (χ1n) is 5.80. The van der Waals surface area contributed by atoms with Crippen molar-refractivity contribution in [1.82, 2.24) is 9.97 Å². The van der Waals surface area contributed by atoms with Crippen LogP contribution in [0.1, 0.15) is 21.6 Å². The van der Waals surface area contributed by atoms with Gasteiger partial charge in [-0.2, -0.15) is 4.98 Å². The van der Waals surface area contributed by atoms with Crippen molar-refractivity contribution in [2.45, 2.75) is 17.7 Å². The van der Waals surface area contributed by atoms with E-state index < -0.39 is 23.3 Å². The van der Waals surface area contributed by atoms with Gasteiger partial charge in [0.25, 0.3) is 0 Å². The quantitative estimate of drug-likeness (QED) is 0.669. The fourth-order valence-electron chi connectivity index (χ4n) is 1.73. The maximum Gasteiger partial charge on any atom is 0.346 e. The Morgan fingerprint density at radius 3 is 2.57 bits per heavy atom. The lowest BCUT2D eigenvalue weighted by Gasteiger charge is -2.08. The van der Waals surface area contributed by atoms with Crippen LogP contribution in [0.2, 0.25) is 0 Å². The number of halogens is 2. The van der Waals surface area contributed by atoms with Gasteiger partial charge in [-0.25, -0.2) is 18.4 Å². The second-order valence-electron chi connectivity index (χ2n) is 4.14. The molecule has 0 amide bonds. The Bertz CT molecular complexity index is 741. The lowest BCUT2D eigenvalue weighted by atomic mass is 10.2. The largest absolute Gasteiger partial charge is 0.478 e. The first-order chi connectivity index (χ1) is 9.90. The molecule has 0 fully saturated rings. The van der Waals surface area contributed by atoms with Crippen LogP contribution in [0.4, 0.5) is 8.78 Å². The summed E-state index contributed by atoms with van der Waals surface area (Å²) in [5, 5.41) is 9.04. The Morgan fingerprint density at radius 2 is 2.00 bits per heavy atom. The van der Waals surface area contributed by atoms with Gasteiger partial charge in [0.05, 0.1) is 0 Å². The van der Waals surface area contributed by atoms with Gasteiger partial charge in [0, 0.05) is 17.0 Å². The highest BCUT2D eigenvalue weighted by atomic mass is 32.2. The normalized spacial score (nSPS) is 10.6. The molecule has 1 aromatic carbocycles. The molecule has 2 rings (SSSR count). The van der Waals surface area contributed by atoms with Crippen LogP contribution in [-0.2, 0) is 5.75 Å². The molecule has 0 aliphatic heterocycles. The van der Waals surface area contributed by atoms with Gasteiger partial charge in [0.1, 0.15) is 22.2 Å². The molecule has 2 aromatic rings. The number of aromatic amines is 1. The second-order valence-corrected chi connectivity index (χ2v) is 5.11. The van der Waals surface area contributed by atoms with Crippen LogP contribution in [0.3, 0.4) is 0 Å². The molecule has 0 bridgehead atoms. The lowest BCUT2D eigenvalue weighted by Crippen LogP contribution is -2.18. The minimum atomic E-state index is -1.27. The summed E-state index contributed by atoms with van der Waals surface area (Å²) >= 11 is 0.793. The molecule has 0 unspecified atom stereocenters. The summed E-state index contributed by atoms with van der Waals surface area (Å²) in [6.07, 6.45) is 0. The van der Waals surface area contributed by atoms with Crippen LogP contribution in [0.25, 0.3) is 0 Å². The molecule has 0 saturated carbocycles. The Hall–Kier alpha value is -2.22. The average Bonchev–Trinajstić information content (AvgIpc) is 2.36. The van der Waals surface area contributed by atoms with E-state index in [1.165, 1.54) is 13.0 Å². The maximum absolute atomic E-state index is 13.5. The van der Waals surface area contributed by atoms with Gasteiger partial charge in [-0.15, -0.1) is 11.8 Å². The number of nitrogens with zero attached hydrogens (tertiary/aromatic N) is 1. The fraction of sp³-hybridized carbons (Fsp3) is 0.154. The van der Waals surface area contributed by atoms with Gasteiger partial charge in [0.15, 0.2) is 0 Å². The molecule has 8 heteroatoms. The van der Waals surface area contributed by atoms with Crippen LogP contribution >= 0.6 is 11.8 Å². The number of thioether (sulfide) groups is 1. The monoisotopic (exact) mass is 312 g/mol. The zero-order valence-electron chi connectivity index (χ0n) is 10.8. The fourth-order valence-corrected chi connectivity index (χ4v) is 2.82. The molecule has 0 spiro atoms. The number of carbonyl (C=O) groups is 1. The molecule has 110 valence electrons. The number of rotatable bonds is 4. The van der Waals surface area contributed by atoms with E-state index in [1.54, 1.807) is 0 Å². The third kappa shape index (κ3) is 3.27. The lowest BCUT2D eigenvalue weighted by molar-refractivity contribution is 0.0690. The van der Waals surface area contributed by atoms with Gasteiger partial charge in [-0.3, -0.25) is 0 Å². The van der Waals surface area contributed by atoms with Gasteiger partial charge in [0.2, 0.25) is 0 Å². The molecule has 0 saturated heterocycles. The highest BCUT2D eigenvalue weighted by molar-refractivity contribution is 7.98. The van der Waals surface area contributed by atoms with E-state index >= 15 is 0 Å². The molecule has 0 atom stereocenters. The molecule has 0 aliphatic carbocycles. The van der Waals surface area contributed by atoms with Gasteiger partial charge >= 0.3 is 11.7 Å². The summed E-state index contributed by atoms with van der Waals surface area (Å²) in [6.45, 7) is 1.42. The van der Waals surface area contributed by atoms with Gasteiger partial charge < -0.3 is 10.1 Å². The minimum absolute atomic E-state index is 0.0774. The molecule has 1 heterocycles. The number of H-pyrrole nitrogens is 1. The van der Waals surface area contributed by atoms with Crippen LogP contribution in [0.15, 0.2) is 28.0 Å². The van der Waals surface area contributed by atoms with Crippen molar-refractivity contribution in [3.63, 3.8) is 0 Å². The van der Waals surface area contributed by atoms with Gasteiger partial charge in [-0.1, -0.05) is 6.07 Å². The van der Waals surface area contributed by atoms with Crippen LogP contribution < -0.4 is 5.69 Å². The van der Waals surface area contributed by atoms with E-state index in [4.69, 9.17) is 5.11 Å². The van der Waals surface area contributed by atoms with E-state index in [0.717, 1.165) is 23.9 Å². The first-order valence-corrected chi connectivity index (χ1v) is 6.78. The Labute approximate surface area is 122 Å². The number of aromatic carboxylic acids is 1. The Balaban J connectivity index is 2.36. The van der Waals surface area contributed by atoms with E-state index in [0.29, 0.717) is 0 Å². The molecular weight excluding hydrogens is 302 g/mol. The average molecular weight is 312 g/mol. The molecule has 1 aromatic heterocycles. The van der Waals surface area contributed by atoms with Crippen molar-refractivity contribution in [1.29, 1.82) is 0 Å². The number of aryl methyl sites for hydroxylation is 1. The van der Waals surface area contributed by atoms with Crippen LogP contribution in [0.5, 0.6) is 0 Å². The predicted octanol–water partition coefficient (Wildman–Crippen LogP) is 2.35. The zero-order valence-corrected chi connectivity index (χ0v) is 11.6. The summed E-state index contributed by atoms with van der Waals surface area (Å²) < 4.78 is 27.0. The molecule has 5 nitrogen and oxygen atoms in total. The van der Waals surface area contributed by atoms with Crippen molar-refractivity contribution >= 4 is 17.7 Å². The number of aromatic nitrogens is 2. The number of hydrogen-bond acceptors (Lipinski definition) is 4. The van der Waals surface area contributed by atoms with Crippen molar-refractivity contribution < 1.29 is 18.7 Å². The maximum atomic E-state index is 13.5. The smallest absolute Gasteiger partial charge is 0.346 e. The SMILES string of the molecule is Cc1[nH]c(=O)nc(SCc2c(F)cccc2F)c1C(=O)O. The number of carboxylic acids is 1. The third-order valence-corrected chi connectivity index (χ3v) is 3.72. The molecule has 0 aliphatic rings. The zero-order chi connectivity index (χ0) is 15.6. The first kappa shape index (κ1) is 15.2. The number of hydrogen-bond donors (Lipinski definition) is 2. The highest BCUT2D eigenvalue weighted by Gasteiger charge is 2.18. The van der Waals surface area contributed by atoms with Crippen molar-refractivity contribution in [3.05, 3.63) is 57.1 Å². The number of carboxylic acid groups (broad SMARTS) is 1. The molecular formula is C13H10F2N2O3S. The van der Waals surface area contributed by atoms with Crippen molar-refractivity contribution in [2.24, 2.45) is 0 Å². The third-order valence-electron chi connectivity index (χ3n) is 2.72. The predicted molar refractivity (Wildman–Crippen MR) is 72.5 cm³/mol. The minimum Gasteiger partial charge on any atom is -0.478 e. The van der Waals surface area contributed by atoms with Crippen molar-refractivity contribution in [3.8, 4) is 0 Å². The van der Waals surface area contributed by atoms with E-state index in [-0.39, 0.29) is 27.6 Å².